The maximum atomic E-state index is 10.2. The lowest BCUT2D eigenvalue weighted by Crippen LogP contribution is -2.22. The Morgan fingerprint density at radius 2 is 1.36 bits per heavy atom. The molecule has 0 atom stereocenters. The Bertz CT molecular complexity index is 204. The zero-order valence-electron chi connectivity index (χ0n) is 9.31. The Morgan fingerprint density at radius 1 is 0.929 bits per heavy atom. The SMILES string of the molecule is CCN(CC)CC.[O-][n+]1ccccc1. The molecule has 80 valence electrons. The summed E-state index contributed by atoms with van der Waals surface area (Å²) in [4.78, 5) is 2.38. The monoisotopic (exact) mass is 196 g/mol. The fourth-order valence-electron chi connectivity index (χ4n) is 1.05. The highest BCUT2D eigenvalue weighted by molar-refractivity contribution is 4.83. The largest absolute Gasteiger partial charge is 0.619 e. The molecule has 1 rings (SSSR count). The van der Waals surface area contributed by atoms with Gasteiger partial charge in [0.15, 0.2) is 12.4 Å². The molecule has 0 aromatic carbocycles. The molecular weight excluding hydrogens is 176 g/mol. The Labute approximate surface area is 86.6 Å². The van der Waals surface area contributed by atoms with Gasteiger partial charge in [-0.05, 0) is 19.6 Å². The minimum Gasteiger partial charge on any atom is -0.619 e. The van der Waals surface area contributed by atoms with Crippen molar-refractivity contribution < 1.29 is 4.73 Å². The third kappa shape index (κ3) is 6.43. The summed E-state index contributed by atoms with van der Waals surface area (Å²) in [6.45, 7) is 10.1. The highest BCUT2D eigenvalue weighted by Crippen LogP contribution is 1.81. The Morgan fingerprint density at radius 3 is 1.50 bits per heavy atom. The van der Waals surface area contributed by atoms with Crippen LogP contribution in [0.25, 0.3) is 0 Å². The van der Waals surface area contributed by atoms with Crippen molar-refractivity contribution in [3.8, 4) is 0 Å². The van der Waals surface area contributed by atoms with Gasteiger partial charge in [-0.1, -0.05) is 26.8 Å². The quantitative estimate of drug-likeness (QED) is 0.544. The van der Waals surface area contributed by atoms with Gasteiger partial charge in [-0.25, -0.2) is 0 Å². The molecule has 0 spiro atoms. The van der Waals surface area contributed by atoms with Crippen molar-refractivity contribution in [2.24, 2.45) is 0 Å². The molecule has 0 saturated carbocycles. The second-order valence-electron chi connectivity index (χ2n) is 2.85. The summed E-state index contributed by atoms with van der Waals surface area (Å²) in [7, 11) is 0. The Balaban J connectivity index is 0.000000241. The smallest absolute Gasteiger partial charge is 0.180 e. The van der Waals surface area contributed by atoms with Crippen LogP contribution in [0.4, 0.5) is 0 Å². The Hall–Kier alpha value is -1.09. The van der Waals surface area contributed by atoms with E-state index in [0.29, 0.717) is 0 Å². The highest BCUT2D eigenvalue weighted by atomic mass is 16.5. The van der Waals surface area contributed by atoms with Crippen molar-refractivity contribution in [1.29, 1.82) is 0 Å². The maximum Gasteiger partial charge on any atom is 0.180 e. The van der Waals surface area contributed by atoms with Crippen LogP contribution in [0.5, 0.6) is 0 Å². The Kier molecular flexibility index (Phi) is 7.84. The lowest BCUT2D eigenvalue weighted by atomic mass is 10.5. The van der Waals surface area contributed by atoms with Crippen LogP contribution in [0.3, 0.4) is 0 Å². The molecule has 0 saturated heterocycles. The van der Waals surface area contributed by atoms with Gasteiger partial charge in [0.05, 0.1) is 0 Å². The molecule has 0 N–H and O–H groups in total. The van der Waals surface area contributed by atoms with E-state index in [-0.39, 0.29) is 0 Å². The molecule has 0 fully saturated rings. The van der Waals surface area contributed by atoms with Crippen molar-refractivity contribution >= 4 is 0 Å². The summed E-state index contributed by atoms with van der Waals surface area (Å²) in [5, 5.41) is 10.2. The molecule has 14 heavy (non-hydrogen) atoms. The van der Waals surface area contributed by atoms with Crippen molar-refractivity contribution in [2.45, 2.75) is 20.8 Å². The van der Waals surface area contributed by atoms with Crippen LogP contribution < -0.4 is 4.73 Å². The lowest BCUT2D eigenvalue weighted by molar-refractivity contribution is -0.605. The molecule has 0 radical (unpaired) electrons. The molecule has 0 unspecified atom stereocenters. The van der Waals surface area contributed by atoms with Crippen LogP contribution >= 0.6 is 0 Å². The zero-order valence-corrected chi connectivity index (χ0v) is 9.31. The summed E-state index contributed by atoms with van der Waals surface area (Å²) in [6.07, 6.45) is 2.89. The first-order valence-electron chi connectivity index (χ1n) is 5.10. The lowest BCUT2D eigenvalue weighted by Gasteiger charge is -2.13. The predicted molar refractivity (Wildman–Crippen MR) is 58.9 cm³/mol. The van der Waals surface area contributed by atoms with Gasteiger partial charge in [0, 0.05) is 12.1 Å². The molecule has 1 heterocycles. The van der Waals surface area contributed by atoms with Gasteiger partial charge in [0.1, 0.15) is 0 Å². The van der Waals surface area contributed by atoms with Crippen molar-refractivity contribution in [3.05, 3.63) is 35.8 Å². The van der Waals surface area contributed by atoms with Gasteiger partial charge in [-0.2, -0.15) is 4.73 Å². The van der Waals surface area contributed by atoms with E-state index in [9.17, 15) is 5.21 Å². The average Bonchev–Trinajstić information content (AvgIpc) is 2.22. The molecule has 0 bridgehead atoms. The summed E-state index contributed by atoms with van der Waals surface area (Å²) in [6, 6.07) is 5.18. The van der Waals surface area contributed by atoms with Crippen LogP contribution in [0, 0.1) is 5.21 Å². The van der Waals surface area contributed by atoms with Crippen molar-refractivity contribution in [1.82, 2.24) is 4.90 Å². The summed E-state index contributed by atoms with van der Waals surface area (Å²) in [5.74, 6) is 0. The van der Waals surface area contributed by atoms with Gasteiger partial charge in [0.25, 0.3) is 0 Å². The molecule has 1 aromatic rings. The second-order valence-corrected chi connectivity index (χ2v) is 2.85. The average molecular weight is 196 g/mol. The molecule has 0 aliphatic rings. The van der Waals surface area contributed by atoms with Gasteiger partial charge in [-0.3, -0.25) is 0 Å². The number of pyridine rings is 1. The van der Waals surface area contributed by atoms with E-state index in [1.165, 1.54) is 32.0 Å². The number of hydrogen-bond acceptors (Lipinski definition) is 2. The van der Waals surface area contributed by atoms with Crippen LogP contribution in [0.2, 0.25) is 0 Å². The third-order valence-electron chi connectivity index (χ3n) is 2.03. The molecule has 3 nitrogen and oxygen atoms in total. The fourth-order valence-corrected chi connectivity index (χ4v) is 1.05. The molecular formula is C11H20N2O. The first kappa shape index (κ1) is 12.9. The van der Waals surface area contributed by atoms with E-state index in [0.717, 1.165) is 4.73 Å². The molecule has 0 aliphatic heterocycles. The highest BCUT2D eigenvalue weighted by Gasteiger charge is 1.89. The maximum absolute atomic E-state index is 10.2. The van der Waals surface area contributed by atoms with E-state index in [2.05, 4.69) is 25.7 Å². The van der Waals surface area contributed by atoms with E-state index < -0.39 is 0 Å². The number of nitrogens with zero attached hydrogens (tertiary/aromatic N) is 2. The van der Waals surface area contributed by atoms with Gasteiger partial charge in [-0.15, -0.1) is 0 Å². The van der Waals surface area contributed by atoms with E-state index in [1.807, 2.05) is 0 Å². The fraction of sp³-hybridized carbons (Fsp3) is 0.545. The summed E-state index contributed by atoms with van der Waals surface area (Å²) in [5.41, 5.74) is 0. The second kappa shape index (κ2) is 8.51. The van der Waals surface area contributed by atoms with Crippen LogP contribution in [-0.4, -0.2) is 24.5 Å². The van der Waals surface area contributed by atoms with Gasteiger partial charge >= 0.3 is 0 Å². The minimum absolute atomic E-state index is 0.750. The molecule has 1 aromatic heterocycles. The zero-order chi connectivity index (χ0) is 10.8. The predicted octanol–water partition coefficient (Wildman–Crippen LogP) is 1.67. The van der Waals surface area contributed by atoms with Gasteiger partial charge < -0.3 is 10.1 Å². The molecule has 0 amide bonds. The topological polar surface area (TPSA) is 30.2 Å². The van der Waals surface area contributed by atoms with Crippen molar-refractivity contribution in [3.63, 3.8) is 0 Å². The number of aromatic nitrogens is 1. The minimum atomic E-state index is 0.750. The number of hydrogen-bond donors (Lipinski definition) is 0. The normalized spacial score (nSPS) is 9.43. The van der Waals surface area contributed by atoms with Crippen LogP contribution in [-0.2, 0) is 0 Å². The summed E-state index contributed by atoms with van der Waals surface area (Å²) < 4.78 is 0.750. The van der Waals surface area contributed by atoms with E-state index in [4.69, 9.17) is 0 Å². The summed E-state index contributed by atoms with van der Waals surface area (Å²) >= 11 is 0. The van der Waals surface area contributed by atoms with E-state index in [1.54, 1.807) is 18.2 Å². The standard InChI is InChI=1S/C6H15N.C5H5NO/c1-4-7(5-2)6-3;7-6-4-2-1-3-5-6/h4-6H2,1-3H3;1-5H. The third-order valence-corrected chi connectivity index (χ3v) is 2.03. The number of rotatable bonds is 3. The van der Waals surface area contributed by atoms with E-state index >= 15 is 0 Å². The van der Waals surface area contributed by atoms with Crippen molar-refractivity contribution in [2.75, 3.05) is 19.6 Å². The molecule has 3 heteroatoms. The van der Waals surface area contributed by atoms with Crippen LogP contribution in [0.15, 0.2) is 30.6 Å². The first-order valence-corrected chi connectivity index (χ1v) is 5.10. The molecule has 0 aliphatic carbocycles. The first-order chi connectivity index (χ1) is 6.74. The van der Waals surface area contributed by atoms with Crippen LogP contribution in [0.1, 0.15) is 20.8 Å². The van der Waals surface area contributed by atoms with Gasteiger partial charge in [0.2, 0.25) is 0 Å².